The molecule has 122 valence electrons. The zero-order chi connectivity index (χ0) is 16.3. The highest BCUT2D eigenvalue weighted by Crippen LogP contribution is 2.33. The van der Waals surface area contributed by atoms with Crippen LogP contribution in [0.5, 0.6) is 11.5 Å². The number of hydrogen-bond donors (Lipinski definition) is 0. The van der Waals surface area contributed by atoms with Crippen LogP contribution in [0.25, 0.3) is 0 Å². The molecule has 5 nitrogen and oxygen atoms in total. The van der Waals surface area contributed by atoms with Gasteiger partial charge in [0.2, 0.25) is 16.8 Å². The van der Waals surface area contributed by atoms with Crippen molar-refractivity contribution in [2.45, 2.75) is 19.2 Å². The molecule has 1 aliphatic heterocycles. The third-order valence-electron chi connectivity index (χ3n) is 3.73. The minimum atomic E-state index is -3.38. The van der Waals surface area contributed by atoms with E-state index < -0.39 is 10.0 Å². The molecule has 0 saturated carbocycles. The largest absolute Gasteiger partial charge is 0.454 e. The lowest BCUT2D eigenvalue weighted by molar-refractivity contribution is 0.174. The number of hydrogen-bond acceptors (Lipinski definition) is 4. The first-order valence-electron chi connectivity index (χ1n) is 7.49. The van der Waals surface area contributed by atoms with Crippen LogP contribution >= 0.6 is 0 Å². The van der Waals surface area contributed by atoms with Gasteiger partial charge in [-0.1, -0.05) is 43.3 Å². The van der Waals surface area contributed by atoms with Crippen molar-refractivity contribution in [1.82, 2.24) is 4.31 Å². The van der Waals surface area contributed by atoms with Crippen molar-refractivity contribution in [2.24, 2.45) is 0 Å². The summed E-state index contributed by atoms with van der Waals surface area (Å²) in [5.41, 5.74) is 1.67. The summed E-state index contributed by atoms with van der Waals surface area (Å²) >= 11 is 0. The van der Waals surface area contributed by atoms with Gasteiger partial charge in [-0.05, 0) is 23.3 Å². The topological polar surface area (TPSA) is 55.8 Å². The fraction of sp³-hybridized carbons (Fsp3) is 0.294. The molecule has 0 N–H and O–H groups in total. The molecule has 1 aliphatic rings. The summed E-state index contributed by atoms with van der Waals surface area (Å²) in [6.45, 7) is 2.80. The lowest BCUT2D eigenvalue weighted by Crippen LogP contribution is -2.31. The maximum absolute atomic E-state index is 12.6. The van der Waals surface area contributed by atoms with E-state index >= 15 is 0 Å². The van der Waals surface area contributed by atoms with Crippen molar-refractivity contribution < 1.29 is 17.9 Å². The first kappa shape index (κ1) is 15.8. The molecule has 0 atom stereocenters. The van der Waals surface area contributed by atoms with Gasteiger partial charge in [0.25, 0.3) is 0 Å². The Morgan fingerprint density at radius 1 is 1.00 bits per heavy atom. The second-order valence-corrected chi connectivity index (χ2v) is 7.32. The molecule has 0 spiro atoms. The normalized spacial score (nSPS) is 13.5. The molecule has 0 saturated heterocycles. The van der Waals surface area contributed by atoms with Crippen molar-refractivity contribution in [3.05, 3.63) is 59.7 Å². The second-order valence-electron chi connectivity index (χ2n) is 5.36. The van der Waals surface area contributed by atoms with Crippen molar-refractivity contribution in [2.75, 3.05) is 13.3 Å². The Morgan fingerprint density at radius 3 is 2.48 bits per heavy atom. The van der Waals surface area contributed by atoms with Gasteiger partial charge in [0.05, 0.1) is 5.75 Å². The summed E-state index contributed by atoms with van der Waals surface area (Å²) in [6.07, 6.45) is 0. The first-order chi connectivity index (χ1) is 11.1. The van der Waals surface area contributed by atoms with E-state index in [9.17, 15) is 8.42 Å². The van der Waals surface area contributed by atoms with Crippen LogP contribution in [0, 0.1) is 0 Å². The smallest absolute Gasteiger partial charge is 0.231 e. The Kier molecular flexibility index (Phi) is 4.54. The van der Waals surface area contributed by atoms with Crippen molar-refractivity contribution in [3.8, 4) is 11.5 Å². The molecule has 0 unspecified atom stereocenters. The Balaban J connectivity index is 1.76. The molecule has 0 fully saturated rings. The van der Waals surface area contributed by atoms with E-state index in [2.05, 4.69) is 0 Å². The van der Waals surface area contributed by atoms with Gasteiger partial charge in [-0.25, -0.2) is 8.42 Å². The highest BCUT2D eigenvalue weighted by molar-refractivity contribution is 7.88. The van der Waals surface area contributed by atoms with E-state index in [0.29, 0.717) is 24.6 Å². The van der Waals surface area contributed by atoms with Crippen LogP contribution in [0.4, 0.5) is 0 Å². The summed E-state index contributed by atoms with van der Waals surface area (Å²) < 4.78 is 37.4. The molecule has 6 heteroatoms. The fourth-order valence-corrected chi connectivity index (χ4v) is 4.06. The minimum Gasteiger partial charge on any atom is -0.454 e. The van der Waals surface area contributed by atoms with E-state index in [4.69, 9.17) is 9.47 Å². The van der Waals surface area contributed by atoms with Gasteiger partial charge in [-0.3, -0.25) is 0 Å². The van der Waals surface area contributed by atoms with Gasteiger partial charge < -0.3 is 9.47 Å². The zero-order valence-corrected chi connectivity index (χ0v) is 13.8. The van der Waals surface area contributed by atoms with Crippen LogP contribution in [0.1, 0.15) is 18.1 Å². The van der Waals surface area contributed by atoms with Gasteiger partial charge in [-0.2, -0.15) is 4.31 Å². The Morgan fingerprint density at radius 2 is 1.74 bits per heavy atom. The molecular weight excluding hydrogens is 314 g/mol. The predicted molar refractivity (Wildman–Crippen MR) is 87.7 cm³/mol. The Hall–Kier alpha value is -2.05. The highest BCUT2D eigenvalue weighted by Gasteiger charge is 2.22. The lowest BCUT2D eigenvalue weighted by Gasteiger charge is -2.20. The first-order valence-corrected chi connectivity index (χ1v) is 9.09. The number of sulfonamides is 1. The van der Waals surface area contributed by atoms with Crippen molar-refractivity contribution >= 4 is 10.0 Å². The summed E-state index contributed by atoms with van der Waals surface area (Å²) in [7, 11) is -3.38. The summed E-state index contributed by atoms with van der Waals surface area (Å²) in [5.74, 6) is 1.37. The van der Waals surface area contributed by atoms with E-state index in [1.807, 2.05) is 55.5 Å². The number of benzene rings is 2. The Labute approximate surface area is 136 Å². The number of ether oxygens (including phenoxy) is 2. The molecule has 1 heterocycles. The molecule has 0 radical (unpaired) electrons. The Bertz CT molecular complexity index is 774. The van der Waals surface area contributed by atoms with Gasteiger partial charge in [0.15, 0.2) is 11.5 Å². The van der Waals surface area contributed by atoms with E-state index in [-0.39, 0.29) is 12.5 Å². The lowest BCUT2D eigenvalue weighted by atomic mass is 10.2. The van der Waals surface area contributed by atoms with Gasteiger partial charge in [0, 0.05) is 13.1 Å². The maximum Gasteiger partial charge on any atom is 0.231 e. The van der Waals surface area contributed by atoms with E-state index in [0.717, 1.165) is 11.1 Å². The summed E-state index contributed by atoms with van der Waals surface area (Å²) in [5, 5.41) is 0. The van der Waals surface area contributed by atoms with E-state index in [1.165, 1.54) is 4.31 Å². The van der Waals surface area contributed by atoms with Crippen LogP contribution < -0.4 is 9.47 Å². The van der Waals surface area contributed by atoms with Crippen LogP contribution in [-0.2, 0) is 22.3 Å². The molecule has 23 heavy (non-hydrogen) atoms. The summed E-state index contributed by atoms with van der Waals surface area (Å²) in [4.78, 5) is 0. The van der Waals surface area contributed by atoms with Crippen LogP contribution in [0.3, 0.4) is 0 Å². The number of rotatable bonds is 6. The average Bonchev–Trinajstić information content (AvgIpc) is 3.00. The number of nitrogens with zero attached hydrogens (tertiary/aromatic N) is 1. The van der Waals surface area contributed by atoms with Crippen LogP contribution in [-0.4, -0.2) is 26.1 Å². The standard InChI is InChI=1S/C17H19NO4S/c1-2-18(23(19,20)12-14-6-4-3-5-7-14)11-15-8-9-16-17(10-15)22-13-21-16/h3-10H,2,11-13H2,1H3. The average molecular weight is 333 g/mol. The zero-order valence-electron chi connectivity index (χ0n) is 12.9. The van der Waals surface area contributed by atoms with Crippen LogP contribution in [0.2, 0.25) is 0 Å². The molecule has 0 aliphatic carbocycles. The minimum absolute atomic E-state index is 0.00618. The third-order valence-corrected chi connectivity index (χ3v) is 5.61. The van der Waals surface area contributed by atoms with E-state index in [1.54, 1.807) is 0 Å². The number of fused-ring (bicyclic) bond motifs is 1. The fourth-order valence-electron chi connectivity index (χ4n) is 2.53. The van der Waals surface area contributed by atoms with Gasteiger partial charge >= 0.3 is 0 Å². The van der Waals surface area contributed by atoms with Crippen molar-refractivity contribution in [3.63, 3.8) is 0 Å². The highest BCUT2D eigenvalue weighted by atomic mass is 32.2. The van der Waals surface area contributed by atoms with Crippen LogP contribution in [0.15, 0.2) is 48.5 Å². The molecular formula is C17H19NO4S. The maximum atomic E-state index is 12.6. The molecule has 2 aromatic carbocycles. The monoisotopic (exact) mass is 333 g/mol. The molecule has 3 rings (SSSR count). The SMILES string of the molecule is CCN(Cc1ccc2c(c1)OCO2)S(=O)(=O)Cc1ccccc1. The third kappa shape index (κ3) is 3.65. The molecule has 2 aromatic rings. The van der Waals surface area contributed by atoms with Gasteiger partial charge in [0.1, 0.15) is 0 Å². The predicted octanol–water partition coefficient (Wildman–Crippen LogP) is 2.77. The quantitative estimate of drug-likeness (QED) is 0.816. The van der Waals surface area contributed by atoms with Gasteiger partial charge in [-0.15, -0.1) is 0 Å². The molecule has 0 bridgehead atoms. The van der Waals surface area contributed by atoms with Crippen molar-refractivity contribution in [1.29, 1.82) is 0 Å². The molecule has 0 aromatic heterocycles. The second kappa shape index (κ2) is 6.60. The molecule has 0 amide bonds. The summed E-state index contributed by atoms with van der Waals surface area (Å²) in [6, 6.07) is 14.7.